The molecule has 0 saturated heterocycles. The quantitative estimate of drug-likeness (QED) is 0.453. The molecule has 0 spiro atoms. The zero-order chi connectivity index (χ0) is 14.5. The summed E-state index contributed by atoms with van der Waals surface area (Å²) in [5.74, 6) is 6.58. The van der Waals surface area contributed by atoms with Crippen molar-refractivity contribution in [2.45, 2.75) is 13.0 Å². The average Bonchev–Trinajstić information content (AvgIpc) is 2.45. The highest BCUT2D eigenvalue weighted by atomic mass is 127. The molecule has 5 heteroatoms. The average molecular weight is 403 g/mol. The molecule has 106 valence electrons. The Balaban J connectivity index is 2.34. The van der Waals surface area contributed by atoms with Gasteiger partial charge in [-0.25, -0.2) is 5.43 Å². The van der Waals surface area contributed by atoms with Gasteiger partial charge in [0.2, 0.25) is 0 Å². The Morgan fingerprint density at radius 3 is 2.55 bits per heavy atom. The summed E-state index contributed by atoms with van der Waals surface area (Å²) in [6.07, 6.45) is 0. The van der Waals surface area contributed by atoms with Crippen LogP contribution in [-0.2, 0) is 0 Å². The minimum atomic E-state index is -0.101. The van der Waals surface area contributed by atoms with Gasteiger partial charge in [0, 0.05) is 8.59 Å². The highest BCUT2D eigenvalue weighted by Crippen LogP contribution is 2.29. The molecule has 0 heterocycles. The Labute approximate surface area is 137 Å². The predicted molar refractivity (Wildman–Crippen MR) is 90.9 cm³/mol. The van der Waals surface area contributed by atoms with Crippen molar-refractivity contribution in [3.05, 3.63) is 62.2 Å². The molecule has 0 aromatic heterocycles. The van der Waals surface area contributed by atoms with E-state index in [9.17, 15) is 0 Å². The van der Waals surface area contributed by atoms with Crippen LogP contribution in [-0.4, -0.2) is 6.61 Å². The highest BCUT2D eigenvalue weighted by molar-refractivity contribution is 14.1. The predicted octanol–water partition coefficient (Wildman–Crippen LogP) is 3.90. The molecule has 2 rings (SSSR count). The lowest BCUT2D eigenvalue weighted by Gasteiger charge is -2.19. The Hall–Kier alpha value is -0.820. The van der Waals surface area contributed by atoms with Crippen LogP contribution in [0.3, 0.4) is 0 Å². The standard InChI is InChI=1S/C15H16ClIN2O/c1-2-20-12-6-3-10(4-7-12)15(19-18)13-9-11(16)5-8-14(13)17/h3-9,15,19H,2,18H2,1H3. The molecule has 1 atom stereocenters. The van der Waals surface area contributed by atoms with Crippen molar-refractivity contribution in [3.8, 4) is 5.75 Å². The van der Waals surface area contributed by atoms with Crippen molar-refractivity contribution >= 4 is 34.2 Å². The maximum atomic E-state index is 6.08. The molecule has 0 aliphatic carbocycles. The first-order valence-corrected chi connectivity index (χ1v) is 7.75. The third kappa shape index (κ3) is 3.63. The summed E-state index contributed by atoms with van der Waals surface area (Å²) in [6.45, 7) is 2.62. The largest absolute Gasteiger partial charge is 0.494 e. The topological polar surface area (TPSA) is 47.3 Å². The van der Waals surface area contributed by atoms with Gasteiger partial charge in [-0.1, -0.05) is 23.7 Å². The molecule has 0 amide bonds. The van der Waals surface area contributed by atoms with Gasteiger partial charge in [0.1, 0.15) is 5.75 Å². The monoisotopic (exact) mass is 402 g/mol. The number of hydrogen-bond donors (Lipinski definition) is 2. The summed E-state index contributed by atoms with van der Waals surface area (Å²) in [6, 6.07) is 13.6. The van der Waals surface area contributed by atoms with Gasteiger partial charge in [-0.3, -0.25) is 5.84 Å². The first kappa shape index (κ1) is 15.6. The van der Waals surface area contributed by atoms with E-state index in [0.29, 0.717) is 11.6 Å². The van der Waals surface area contributed by atoms with Gasteiger partial charge in [-0.2, -0.15) is 0 Å². The van der Waals surface area contributed by atoms with Crippen LogP contribution in [0.15, 0.2) is 42.5 Å². The van der Waals surface area contributed by atoms with Crippen molar-refractivity contribution in [2.24, 2.45) is 5.84 Å². The third-order valence-corrected chi connectivity index (χ3v) is 4.18. The zero-order valence-electron chi connectivity index (χ0n) is 11.1. The number of halogens is 2. The molecular formula is C15H16ClIN2O. The molecule has 0 saturated carbocycles. The number of benzene rings is 2. The highest BCUT2D eigenvalue weighted by Gasteiger charge is 2.15. The van der Waals surface area contributed by atoms with Gasteiger partial charge in [-0.15, -0.1) is 0 Å². The summed E-state index contributed by atoms with van der Waals surface area (Å²) in [5.41, 5.74) is 4.98. The van der Waals surface area contributed by atoms with Gasteiger partial charge in [0.05, 0.1) is 12.6 Å². The molecule has 20 heavy (non-hydrogen) atoms. The number of nitrogens with one attached hydrogen (secondary N) is 1. The molecule has 3 N–H and O–H groups in total. The van der Waals surface area contributed by atoms with Crippen LogP contribution in [0.25, 0.3) is 0 Å². The summed E-state index contributed by atoms with van der Waals surface area (Å²) in [4.78, 5) is 0. The maximum Gasteiger partial charge on any atom is 0.119 e. The number of nitrogens with two attached hydrogens (primary N) is 1. The van der Waals surface area contributed by atoms with Crippen molar-refractivity contribution < 1.29 is 4.74 Å². The first-order chi connectivity index (χ1) is 9.65. The SMILES string of the molecule is CCOc1ccc(C(NN)c2cc(Cl)ccc2I)cc1. The minimum Gasteiger partial charge on any atom is -0.494 e. The van der Waals surface area contributed by atoms with E-state index < -0.39 is 0 Å². The van der Waals surface area contributed by atoms with Crippen LogP contribution in [0, 0.1) is 3.57 Å². The fourth-order valence-corrected chi connectivity index (χ4v) is 2.85. The second kappa shape index (κ2) is 7.26. The number of ether oxygens (including phenoxy) is 1. The minimum absolute atomic E-state index is 0.101. The fourth-order valence-electron chi connectivity index (χ4n) is 2.02. The third-order valence-electron chi connectivity index (χ3n) is 2.96. The van der Waals surface area contributed by atoms with Crippen LogP contribution in [0.5, 0.6) is 5.75 Å². The Kier molecular flexibility index (Phi) is 5.65. The second-order valence-electron chi connectivity index (χ2n) is 4.27. The van der Waals surface area contributed by atoms with Gasteiger partial charge < -0.3 is 4.74 Å². The van der Waals surface area contributed by atoms with Crippen LogP contribution in [0.2, 0.25) is 5.02 Å². The second-order valence-corrected chi connectivity index (χ2v) is 5.87. The summed E-state index contributed by atoms with van der Waals surface area (Å²) in [5, 5.41) is 0.701. The van der Waals surface area contributed by atoms with Gasteiger partial charge in [0.15, 0.2) is 0 Å². The lowest BCUT2D eigenvalue weighted by atomic mass is 9.99. The van der Waals surface area contributed by atoms with Crippen molar-refractivity contribution in [1.29, 1.82) is 0 Å². The fraction of sp³-hybridized carbons (Fsp3) is 0.200. The van der Waals surface area contributed by atoms with Crippen LogP contribution >= 0.6 is 34.2 Å². The van der Waals surface area contributed by atoms with Crippen LogP contribution < -0.4 is 16.0 Å². The first-order valence-electron chi connectivity index (χ1n) is 6.29. The van der Waals surface area contributed by atoms with E-state index >= 15 is 0 Å². The lowest BCUT2D eigenvalue weighted by molar-refractivity contribution is 0.340. The normalized spacial score (nSPS) is 12.2. The molecular weight excluding hydrogens is 387 g/mol. The van der Waals surface area contributed by atoms with Crippen molar-refractivity contribution in [2.75, 3.05) is 6.61 Å². The maximum absolute atomic E-state index is 6.08. The molecule has 0 aliphatic rings. The van der Waals surface area contributed by atoms with E-state index in [-0.39, 0.29) is 6.04 Å². The summed E-state index contributed by atoms with van der Waals surface area (Å²) >= 11 is 8.36. The summed E-state index contributed by atoms with van der Waals surface area (Å²) < 4.78 is 6.56. The number of hydrogen-bond acceptors (Lipinski definition) is 3. The molecule has 2 aromatic carbocycles. The number of hydrazine groups is 1. The zero-order valence-corrected chi connectivity index (χ0v) is 14.0. The van der Waals surface area contributed by atoms with E-state index in [1.54, 1.807) is 0 Å². The van der Waals surface area contributed by atoms with Gasteiger partial charge in [-0.05, 0) is 71.0 Å². The molecule has 0 radical (unpaired) electrons. The molecule has 0 bridgehead atoms. The molecule has 3 nitrogen and oxygen atoms in total. The van der Waals surface area contributed by atoms with E-state index in [0.717, 1.165) is 20.4 Å². The summed E-state index contributed by atoms with van der Waals surface area (Å²) in [7, 11) is 0. The van der Waals surface area contributed by atoms with Gasteiger partial charge >= 0.3 is 0 Å². The van der Waals surface area contributed by atoms with Crippen LogP contribution in [0.4, 0.5) is 0 Å². The van der Waals surface area contributed by atoms with Crippen molar-refractivity contribution in [1.82, 2.24) is 5.43 Å². The Morgan fingerprint density at radius 1 is 1.25 bits per heavy atom. The molecule has 2 aromatic rings. The van der Waals surface area contributed by atoms with E-state index in [4.69, 9.17) is 22.2 Å². The van der Waals surface area contributed by atoms with E-state index in [1.165, 1.54) is 0 Å². The Morgan fingerprint density at radius 2 is 1.95 bits per heavy atom. The molecule has 1 unspecified atom stereocenters. The molecule has 0 aliphatic heterocycles. The lowest BCUT2D eigenvalue weighted by Crippen LogP contribution is -2.29. The van der Waals surface area contributed by atoms with Crippen LogP contribution in [0.1, 0.15) is 24.1 Å². The van der Waals surface area contributed by atoms with E-state index in [2.05, 4.69) is 28.0 Å². The number of rotatable bonds is 5. The van der Waals surface area contributed by atoms with E-state index in [1.807, 2.05) is 49.4 Å². The van der Waals surface area contributed by atoms with Crippen molar-refractivity contribution in [3.63, 3.8) is 0 Å². The van der Waals surface area contributed by atoms with Gasteiger partial charge in [0.25, 0.3) is 0 Å². The Bertz CT molecular complexity index is 575. The smallest absolute Gasteiger partial charge is 0.119 e. The molecule has 0 fully saturated rings.